The zero-order chi connectivity index (χ0) is 30.8. The molecule has 0 aromatic heterocycles. The highest BCUT2D eigenvalue weighted by Crippen LogP contribution is 2.49. The van der Waals surface area contributed by atoms with Crippen LogP contribution in [-0.2, 0) is 12.3 Å². The minimum atomic E-state index is -2.17. The Balaban J connectivity index is 0.000000240. The van der Waals surface area contributed by atoms with Crippen LogP contribution in [0.5, 0.6) is 0 Å². The molecule has 0 spiro atoms. The first kappa shape index (κ1) is 36.8. The molecule has 236 valence electrons. The van der Waals surface area contributed by atoms with E-state index < -0.39 is 14.1 Å². The topological polar surface area (TPSA) is 47.7 Å². The lowest BCUT2D eigenvalue weighted by Crippen LogP contribution is -2.17. The van der Waals surface area contributed by atoms with Crippen LogP contribution in [0.4, 0.5) is 0 Å². The van der Waals surface area contributed by atoms with Gasteiger partial charge in [-0.05, 0) is 57.3 Å². The summed E-state index contributed by atoms with van der Waals surface area (Å²) < 4.78 is 0. The largest absolute Gasteiger partial charge is 0.309 e. The summed E-state index contributed by atoms with van der Waals surface area (Å²) in [7, 11) is -4.35. The molecule has 0 atom stereocenters. The number of benzene rings is 6. The van der Waals surface area contributed by atoms with Crippen LogP contribution < -0.4 is 21.2 Å². The van der Waals surface area contributed by atoms with Crippen LogP contribution in [-0.4, -0.2) is 0 Å². The van der Waals surface area contributed by atoms with E-state index in [1.807, 2.05) is 72.8 Å². The highest BCUT2D eigenvalue weighted by atomic mass is 35.5. The van der Waals surface area contributed by atoms with Crippen LogP contribution >= 0.6 is 38.9 Å². The molecule has 0 aliphatic rings. The van der Waals surface area contributed by atoms with Gasteiger partial charge in [0.1, 0.15) is 0 Å². The number of aryl methyl sites for hydroxylation is 2. The zero-order valence-corrected chi connectivity index (χ0v) is 29.7. The molecule has 2 N–H and O–H groups in total. The Morgan fingerprint density at radius 2 is 0.565 bits per heavy atom. The van der Waals surface area contributed by atoms with Crippen LogP contribution in [0.15, 0.2) is 170 Å². The first-order valence-corrected chi connectivity index (χ1v) is 18.9. The molecule has 0 aliphatic carbocycles. The number of halogens is 2. The Labute approximate surface area is 287 Å². The molecule has 0 bridgehead atoms. The molecule has 6 rings (SSSR count). The Bertz CT molecular complexity index is 1650. The van der Waals surface area contributed by atoms with Crippen molar-refractivity contribution in [1.29, 1.82) is 10.3 Å². The van der Waals surface area contributed by atoms with Crippen molar-refractivity contribution in [2.75, 3.05) is 0 Å². The van der Waals surface area contributed by atoms with Crippen molar-refractivity contribution in [3.05, 3.63) is 192 Å². The monoisotopic (exact) mass is 682 g/mol. The smallest absolute Gasteiger partial charge is 0.0279 e. The molecule has 0 amide bonds. The predicted molar refractivity (Wildman–Crippen MR) is 208 cm³/mol. The lowest BCUT2D eigenvalue weighted by Gasteiger charge is -2.24. The summed E-state index contributed by atoms with van der Waals surface area (Å²) in [6.45, 7) is 4.27. The molecule has 0 radical (unpaired) electrons. The highest BCUT2D eigenvalue weighted by Gasteiger charge is 2.24. The number of hydrogen-bond donors (Lipinski definition) is 2. The Kier molecular flexibility index (Phi) is 13.9. The fourth-order valence-corrected chi connectivity index (χ4v) is 11.3. The van der Waals surface area contributed by atoms with Crippen LogP contribution in [0.1, 0.15) is 22.3 Å². The Hall–Kier alpha value is -3.64. The molecule has 6 aromatic carbocycles. The summed E-state index contributed by atoms with van der Waals surface area (Å²) in [6.07, 6.45) is 1.57. The van der Waals surface area contributed by atoms with E-state index in [2.05, 4.69) is 111 Å². The van der Waals surface area contributed by atoms with Crippen molar-refractivity contribution in [3.63, 3.8) is 0 Å². The van der Waals surface area contributed by atoms with Gasteiger partial charge < -0.3 is 10.3 Å². The maximum Gasteiger partial charge on any atom is 0.0279 e. The van der Waals surface area contributed by atoms with E-state index in [0.29, 0.717) is 0 Å². The van der Waals surface area contributed by atoms with Gasteiger partial charge in [-0.25, -0.2) is 0 Å². The zero-order valence-electron chi connectivity index (χ0n) is 26.3. The van der Waals surface area contributed by atoms with Crippen LogP contribution in [0.2, 0.25) is 0 Å². The molecule has 0 unspecified atom stereocenters. The fraction of sp³-hybridized carbons (Fsp3) is 0.100. The molecule has 0 saturated carbocycles. The SMILES string of the molecule is Cc1ccccc1CP(=N)(c1ccccc1)c1ccccc1.Cc1ccccc1CP(=N)(c1ccccc1)c1ccccc1.Cl.Cl. The van der Waals surface area contributed by atoms with Crippen molar-refractivity contribution >= 4 is 60.1 Å². The lowest BCUT2D eigenvalue weighted by atomic mass is 10.1. The van der Waals surface area contributed by atoms with Crippen molar-refractivity contribution < 1.29 is 0 Å². The molecular formula is C40H42Cl2N2P2. The first-order valence-electron chi connectivity index (χ1n) is 15.0. The third kappa shape index (κ3) is 8.79. The average Bonchev–Trinajstić information content (AvgIpc) is 3.09. The summed E-state index contributed by atoms with van der Waals surface area (Å²) in [5.41, 5.74) is 5.09. The molecule has 2 nitrogen and oxygen atoms in total. The standard InChI is InChI=1S/2C20H20NP.2ClH/c2*1-17-10-8-9-11-18(17)16-22(21,19-12-4-2-5-13-19)20-14-6-3-7-15-20;;/h2*2-15,21H,16H2,1H3;2*1H. The Morgan fingerprint density at radius 3 is 0.804 bits per heavy atom. The van der Waals surface area contributed by atoms with Crippen LogP contribution in [0, 0.1) is 24.2 Å². The molecular weight excluding hydrogens is 641 g/mol. The number of hydrogen-bond acceptors (Lipinski definition) is 2. The fourth-order valence-electron chi connectivity index (χ4n) is 5.48. The lowest BCUT2D eigenvalue weighted by molar-refractivity contribution is 1.28. The second-order valence-corrected chi connectivity index (χ2v) is 17.1. The first-order chi connectivity index (χ1) is 21.4. The van der Waals surface area contributed by atoms with E-state index in [9.17, 15) is 10.3 Å². The minimum Gasteiger partial charge on any atom is -0.309 e. The molecule has 6 aromatic rings. The van der Waals surface area contributed by atoms with E-state index in [0.717, 1.165) is 33.5 Å². The molecule has 0 heterocycles. The van der Waals surface area contributed by atoms with Gasteiger partial charge in [0.25, 0.3) is 0 Å². The second-order valence-electron chi connectivity index (χ2n) is 11.1. The Morgan fingerprint density at radius 1 is 0.348 bits per heavy atom. The van der Waals surface area contributed by atoms with Gasteiger partial charge in [0.15, 0.2) is 0 Å². The molecule has 0 fully saturated rings. The van der Waals surface area contributed by atoms with Gasteiger partial charge in [0.05, 0.1) is 0 Å². The molecule has 6 heteroatoms. The van der Waals surface area contributed by atoms with E-state index in [4.69, 9.17) is 0 Å². The second kappa shape index (κ2) is 17.3. The maximum absolute atomic E-state index is 9.35. The average molecular weight is 684 g/mol. The van der Waals surface area contributed by atoms with Crippen LogP contribution in [0.3, 0.4) is 0 Å². The van der Waals surface area contributed by atoms with Gasteiger partial charge in [-0.2, -0.15) is 0 Å². The number of rotatable bonds is 8. The van der Waals surface area contributed by atoms with Crippen molar-refractivity contribution in [3.8, 4) is 0 Å². The minimum absolute atomic E-state index is 0. The van der Waals surface area contributed by atoms with Crippen LogP contribution in [0.25, 0.3) is 0 Å². The summed E-state index contributed by atoms with van der Waals surface area (Å²) in [5, 5.41) is 23.3. The van der Waals surface area contributed by atoms with E-state index >= 15 is 0 Å². The van der Waals surface area contributed by atoms with Gasteiger partial charge in [-0.15, -0.1) is 24.8 Å². The van der Waals surface area contributed by atoms with Crippen molar-refractivity contribution in [2.24, 2.45) is 0 Å². The van der Waals surface area contributed by atoms with Crippen molar-refractivity contribution in [2.45, 2.75) is 26.2 Å². The molecule has 0 saturated heterocycles. The van der Waals surface area contributed by atoms with E-state index in [-0.39, 0.29) is 24.8 Å². The van der Waals surface area contributed by atoms with Gasteiger partial charge in [0, 0.05) is 26.4 Å². The van der Waals surface area contributed by atoms with E-state index in [1.54, 1.807) is 0 Å². The van der Waals surface area contributed by atoms with E-state index in [1.165, 1.54) is 22.3 Å². The third-order valence-electron chi connectivity index (χ3n) is 8.13. The predicted octanol–water partition coefficient (Wildman–Crippen LogP) is 10.7. The maximum atomic E-state index is 9.35. The highest BCUT2D eigenvalue weighted by molar-refractivity contribution is 7.79. The third-order valence-corrected chi connectivity index (χ3v) is 14.5. The van der Waals surface area contributed by atoms with Gasteiger partial charge in [-0.3, -0.25) is 0 Å². The van der Waals surface area contributed by atoms with Gasteiger partial charge >= 0.3 is 0 Å². The van der Waals surface area contributed by atoms with Gasteiger partial charge in [-0.1, -0.05) is 170 Å². The van der Waals surface area contributed by atoms with Gasteiger partial charge in [0.2, 0.25) is 0 Å². The normalized spacial score (nSPS) is 10.8. The summed E-state index contributed by atoms with van der Waals surface area (Å²) in [5.74, 6) is 0. The summed E-state index contributed by atoms with van der Waals surface area (Å²) in [6, 6.07) is 58.1. The van der Waals surface area contributed by atoms with Crippen molar-refractivity contribution in [1.82, 2.24) is 0 Å². The molecule has 0 aliphatic heterocycles. The number of nitrogens with one attached hydrogen (secondary N) is 2. The summed E-state index contributed by atoms with van der Waals surface area (Å²) >= 11 is 0. The quantitative estimate of drug-likeness (QED) is 0.150. The molecule has 46 heavy (non-hydrogen) atoms. The summed E-state index contributed by atoms with van der Waals surface area (Å²) in [4.78, 5) is 0.